The quantitative estimate of drug-likeness (QED) is 0.429. The van der Waals surface area contributed by atoms with Crippen molar-refractivity contribution in [3.05, 3.63) is 11.8 Å². The van der Waals surface area contributed by atoms with E-state index >= 15 is 0 Å². The number of nitrogens with zero attached hydrogens (tertiary/aromatic N) is 1. The van der Waals surface area contributed by atoms with Gasteiger partial charge in [-0.05, 0) is 18.9 Å². The number of rotatable bonds is 5. The van der Waals surface area contributed by atoms with Crippen molar-refractivity contribution in [1.29, 1.82) is 0 Å². The molecule has 0 fully saturated rings. The van der Waals surface area contributed by atoms with Gasteiger partial charge in [0.1, 0.15) is 5.76 Å². The van der Waals surface area contributed by atoms with Crippen molar-refractivity contribution in [3.63, 3.8) is 0 Å². The second kappa shape index (κ2) is 7.29. The summed E-state index contributed by atoms with van der Waals surface area (Å²) in [4.78, 5) is 4.28. The smallest absolute Gasteiger partial charge is 0.201 e. The molecular formula is C11H22N2O2. The average Bonchev–Trinajstić information content (AvgIpc) is 2.24. The van der Waals surface area contributed by atoms with Gasteiger partial charge in [0.05, 0.1) is 26.8 Å². The van der Waals surface area contributed by atoms with Crippen LogP contribution in [0.3, 0.4) is 0 Å². The summed E-state index contributed by atoms with van der Waals surface area (Å²) >= 11 is 0. The molecule has 2 N–H and O–H groups in total. The maximum Gasteiger partial charge on any atom is 0.201 e. The molecule has 0 aromatic carbocycles. The Bertz CT molecular complexity index is 235. The molecule has 88 valence electrons. The van der Waals surface area contributed by atoms with Gasteiger partial charge in [-0.3, -0.25) is 0 Å². The van der Waals surface area contributed by atoms with E-state index in [-0.39, 0.29) is 6.04 Å². The molecule has 0 saturated carbocycles. The molecular weight excluding hydrogens is 192 g/mol. The van der Waals surface area contributed by atoms with E-state index in [1.54, 1.807) is 14.2 Å². The third-order valence-corrected chi connectivity index (χ3v) is 2.19. The summed E-state index contributed by atoms with van der Waals surface area (Å²) in [5.41, 5.74) is 5.92. The molecule has 0 bridgehead atoms. The van der Waals surface area contributed by atoms with Crippen molar-refractivity contribution in [2.75, 3.05) is 20.8 Å². The Balaban J connectivity index is 4.47. The fourth-order valence-corrected chi connectivity index (χ4v) is 1.02. The van der Waals surface area contributed by atoms with Gasteiger partial charge >= 0.3 is 0 Å². The monoisotopic (exact) mass is 214 g/mol. The minimum atomic E-state index is -0.162. The van der Waals surface area contributed by atoms with Gasteiger partial charge in [0, 0.05) is 0 Å². The number of nitrogens with two attached hydrogens (primary N) is 1. The summed E-state index contributed by atoms with van der Waals surface area (Å²) in [5, 5.41) is 0. The summed E-state index contributed by atoms with van der Waals surface area (Å²) in [7, 11) is 3.21. The molecule has 4 nitrogen and oxygen atoms in total. The lowest BCUT2D eigenvalue weighted by molar-refractivity contribution is 0.284. The highest BCUT2D eigenvalue weighted by atomic mass is 16.5. The molecule has 1 atom stereocenters. The number of ether oxygens (including phenoxy) is 2. The molecule has 0 saturated heterocycles. The van der Waals surface area contributed by atoms with Gasteiger partial charge < -0.3 is 15.2 Å². The van der Waals surface area contributed by atoms with Crippen LogP contribution in [-0.2, 0) is 9.47 Å². The summed E-state index contributed by atoms with van der Waals surface area (Å²) in [6, 6.07) is -0.162. The first kappa shape index (κ1) is 14.0. The number of methoxy groups -OCH3 is 2. The molecule has 0 rings (SSSR count). The summed E-state index contributed by atoms with van der Waals surface area (Å²) < 4.78 is 10.2. The molecule has 0 aromatic rings. The Morgan fingerprint density at radius 3 is 2.27 bits per heavy atom. The fraction of sp³-hybridized carbons (Fsp3) is 0.727. The molecule has 0 radical (unpaired) electrons. The highest BCUT2D eigenvalue weighted by Gasteiger charge is 2.15. The van der Waals surface area contributed by atoms with Crippen LogP contribution in [0.1, 0.15) is 20.8 Å². The largest absolute Gasteiger partial charge is 0.499 e. The Morgan fingerprint density at radius 1 is 1.33 bits per heavy atom. The lowest BCUT2D eigenvalue weighted by Gasteiger charge is -2.17. The molecule has 0 aliphatic rings. The molecule has 1 unspecified atom stereocenters. The first-order valence-electron chi connectivity index (χ1n) is 5.09. The van der Waals surface area contributed by atoms with E-state index in [0.29, 0.717) is 18.4 Å². The minimum Gasteiger partial charge on any atom is -0.499 e. The number of hydrogen-bond donors (Lipinski definition) is 1. The first-order valence-corrected chi connectivity index (χ1v) is 5.09. The van der Waals surface area contributed by atoms with Crippen molar-refractivity contribution in [3.8, 4) is 0 Å². The Kier molecular flexibility index (Phi) is 6.79. The maximum absolute atomic E-state index is 5.92. The van der Waals surface area contributed by atoms with Crippen molar-refractivity contribution < 1.29 is 9.47 Å². The molecule has 0 aromatic heterocycles. The van der Waals surface area contributed by atoms with Crippen LogP contribution in [0.25, 0.3) is 0 Å². The van der Waals surface area contributed by atoms with Gasteiger partial charge in [-0.1, -0.05) is 13.8 Å². The van der Waals surface area contributed by atoms with Crippen LogP contribution in [0.15, 0.2) is 16.8 Å². The lowest BCUT2D eigenvalue weighted by atomic mass is 10.1. The summed E-state index contributed by atoms with van der Waals surface area (Å²) in [6.07, 6.45) is 1.87. The standard InChI is InChI=1S/C11H22N2O2/c1-6-9(14-4)7-13-11(15-5)10(12)8(2)3/h6,8,10H,7,12H2,1-5H3/b9-6+,13-11?. The van der Waals surface area contributed by atoms with Crippen molar-refractivity contribution in [2.24, 2.45) is 16.6 Å². The van der Waals surface area contributed by atoms with Gasteiger partial charge in [0.2, 0.25) is 5.90 Å². The minimum absolute atomic E-state index is 0.162. The SMILES string of the molecule is C/C=C(\CN=C(OC)C(N)C(C)C)OC. The molecule has 15 heavy (non-hydrogen) atoms. The van der Waals surface area contributed by atoms with Crippen LogP contribution in [0.4, 0.5) is 0 Å². The van der Waals surface area contributed by atoms with Crippen LogP contribution in [0.2, 0.25) is 0 Å². The summed E-state index contributed by atoms with van der Waals surface area (Å²) in [6.45, 7) is 6.44. The zero-order valence-electron chi connectivity index (χ0n) is 10.3. The first-order chi connectivity index (χ1) is 7.06. The second-order valence-corrected chi connectivity index (χ2v) is 3.59. The number of hydrogen-bond acceptors (Lipinski definition) is 4. The van der Waals surface area contributed by atoms with E-state index in [9.17, 15) is 0 Å². The highest BCUT2D eigenvalue weighted by Crippen LogP contribution is 2.03. The molecule has 0 heterocycles. The van der Waals surface area contributed by atoms with Gasteiger partial charge in [0.25, 0.3) is 0 Å². The van der Waals surface area contributed by atoms with Gasteiger partial charge in [-0.15, -0.1) is 0 Å². The van der Waals surface area contributed by atoms with Crippen molar-refractivity contribution in [2.45, 2.75) is 26.8 Å². The van der Waals surface area contributed by atoms with Crippen LogP contribution >= 0.6 is 0 Å². The number of allylic oxidation sites excluding steroid dienone is 1. The normalized spacial score (nSPS) is 15.4. The van der Waals surface area contributed by atoms with E-state index in [0.717, 1.165) is 5.76 Å². The van der Waals surface area contributed by atoms with Crippen LogP contribution < -0.4 is 5.73 Å². The highest BCUT2D eigenvalue weighted by molar-refractivity contribution is 5.81. The van der Waals surface area contributed by atoms with E-state index < -0.39 is 0 Å². The summed E-state index contributed by atoms with van der Waals surface area (Å²) in [5.74, 6) is 1.68. The van der Waals surface area contributed by atoms with E-state index in [2.05, 4.69) is 4.99 Å². The Labute approximate surface area is 92.2 Å². The van der Waals surface area contributed by atoms with Gasteiger partial charge in [-0.25, -0.2) is 4.99 Å². The van der Waals surface area contributed by atoms with Crippen molar-refractivity contribution in [1.82, 2.24) is 0 Å². The average molecular weight is 214 g/mol. The molecule has 4 heteroatoms. The zero-order valence-corrected chi connectivity index (χ0v) is 10.3. The fourth-order valence-electron chi connectivity index (χ4n) is 1.02. The topological polar surface area (TPSA) is 56.8 Å². The van der Waals surface area contributed by atoms with Crippen LogP contribution in [-0.4, -0.2) is 32.7 Å². The second-order valence-electron chi connectivity index (χ2n) is 3.59. The third-order valence-electron chi connectivity index (χ3n) is 2.19. The lowest BCUT2D eigenvalue weighted by Crippen LogP contribution is -2.36. The van der Waals surface area contributed by atoms with Gasteiger partial charge in [0.15, 0.2) is 0 Å². The van der Waals surface area contributed by atoms with E-state index in [4.69, 9.17) is 15.2 Å². The predicted octanol–water partition coefficient (Wildman–Crippen LogP) is 1.56. The number of aliphatic imine (C=N–C) groups is 1. The molecule has 0 aliphatic carbocycles. The van der Waals surface area contributed by atoms with E-state index in [1.807, 2.05) is 26.8 Å². The van der Waals surface area contributed by atoms with Crippen LogP contribution in [0.5, 0.6) is 0 Å². The predicted molar refractivity (Wildman–Crippen MR) is 62.9 cm³/mol. The zero-order chi connectivity index (χ0) is 11.8. The third kappa shape index (κ3) is 4.83. The van der Waals surface area contributed by atoms with Crippen molar-refractivity contribution >= 4 is 5.90 Å². The Morgan fingerprint density at radius 2 is 1.93 bits per heavy atom. The van der Waals surface area contributed by atoms with E-state index in [1.165, 1.54) is 0 Å². The Hall–Kier alpha value is -1.03. The maximum atomic E-state index is 5.92. The van der Waals surface area contributed by atoms with Crippen LogP contribution in [0, 0.1) is 5.92 Å². The molecule has 0 aliphatic heterocycles. The molecule has 0 spiro atoms. The van der Waals surface area contributed by atoms with Gasteiger partial charge in [-0.2, -0.15) is 0 Å². The molecule has 0 amide bonds.